The van der Waals surface area contributed by atoms with Crippen molar-refractivity contribution in [1.82, 2.24) is 15.1 Å². The second-order valence-corrected chi connectivity index (χ2v) is 5.94. The summed E-state index contributed by atoms with van der Waals surface area (Å²) in [6, 6.07) is 0.231. The number of esters is 1. The molecule has 1 saturated heterocycles. The Morgan fingerprint density at radius 3 is 2.95 bits per heavy atom. The Bertz CT molecular complexity index is 484. The van der Waals surface area contributed by atoms with Gasteiger partial charge in [0, 0.05) is 12.0 Å². The third-order valence-electron chi connectivity index (χ3n) is 4.20. The summed E-state index contributed by atoms with van der Waals surface area (Å²) in [6.07, 6.45) is 6.13. The van der Waals surface area contributed by atoms with Crippen molar-refractivity contribution in [1.29, 1.82) is 0 Å². The third-order valence-corrected chi connectivity index (χ3v) is 4.20. The minimum atomic E-state index is -0.112. The first-order valence-corrected chi connectivity index (χ1v) is 7.98. The van der Waals surface area contributed by atoms with Crippen LogP contribution in [0.25, 0.3) is 0 Å². The average molecular weight is 293 g/mol. The van der Waals surface area contributed by atoms with E-state index in [-0.39, 0.29) is 12.0 Å². The Hall–Kier alpha value is -1.43. The summed E-state index contributed by atoms with van der Waals surface area (Å²) in [4.78, 5) is 14.0. The van der Waals surface area contributed by atoms with Crippen LogP contribution < -0.4 is 0 Å². The van der Waals surface area contributed by atoms with Gasteiger partial charge in [0.05, 0.1) is 19.6 Å². The van der Waals surface area contributed by atoms with E-state index in [1.807, 2.05) is 6.92 Å². The van der Waals surface area contributed by atoms with Gasteiger partial charge in [-0.3, -0.25) is 9.69 Å². The van der Waals surface area contributed by atoms with Gasteiger partial charge in [-0.05, 0) is 39.2 Å². The molecule has 1 atom stereocenters. The van der Waals surface area contributed by atoms with Crippen LogP contribution in [-0.4, -0.2) is 40.3 Å². The number of ether oxygens (including phenoxy) is 1. The van der Waals surface area contributed by atoms with Crippen LogP contribution in [0.3, 0.4) is 0 Å². The monoisotopic (exact) mass is 293 g/mol. The zero-order chi connectivity index (χ0) is 14.7. The maximum atomic E-state index is 11.7. The lowest BCUT2D eigenvalue weighted by molar-refractivity contribution is -0.145. The van der Waals surface area contributed by atoms with E-state index in [2.05, 4.69) is 15.1 Å². The number of likely N-dealkylation sites (tertiary alicyclic amines) is 1. The third kappa shape index (κ3) is 3.81. The van der Waals surface area contributed by atoms with Crippen molar-refractivity contribution in [2.75, 3.05) is 13.2 Å². The molecule has 2 heterocycles. The Labute approximate surface area is 124 Å². The van der Waals surface area contributed by atoms with Gasteiger partial charge in [0.25, 0.3) is 0 Å². The highest BCUT2D eigenvalue weighted by molar-refractivity contribution is 5.70. The quantitative estimate of drug-likeness (QED) is 0.749. The van der Waals surface area contributed by atoms with Crippen molar-refractivity contribution in [3.05, 3.63) is 11.8 Å². The molecule has 6 nitrogen and oxygen atoms in total. The van der Waals surface area contributed by atoms with Gasteiger partial charge in [0.2, 0.25) is 11.8 Å². The van der Waals surface area contributed by atoms with Crippen molar-refractivity contribution < 1.29 is 13.9 Å². The maximum absolute atomic E-state index is 11.7. The average Bonchev–Trinajstić information content (AvgIpc) is 3.22. The largest absolute Gasteiger partial charge is 0.466 e. The van der Waals surface area contributed by atoms with E-state index in [4.69, 9.17) is 9.15 Å². The highest BCUT2D eigenvalue weighted by Gasteiger charge is 2.31. The lowest BCUT2D eigenvalue weighted by atomic mass is 9.99. The fourth-order valence-electron chi connectivity index (χ4n) is 2.91. The molecule has 2 aliphatic rings. The number of aromatic nitrogens is 2. The standard InChI is InChI=1S/C15H23N3O3/c1-2-20-14(19)9-12-5-3-4-8-18(12)10-13-16-17-15(21-13)11-6-7-11/h11-12H,2-10H2,1H3/t12-/m1/s1. The van der Waals surface area contributed by atoms with Gasteiger partial charge in [-0.25, -0.2) is 0 Å². The molecule has 116 valence electrons. The van der Waals surface area contributed by atoms with E-state index >= 15 is 0 Å². The van der Waals surface area contributed by atoms with Crippen LogP contribution in [0, 0.1) is 0 Å². The molecule has 1 saturated carbocycles. The number of piperidine rings is 1. The maximum Gasteiger partial charge on any atom is 0.307 e. The Morgan fingerprint density at radius 1 is 1.33 bits per heavy atom. The zero-order valence-electron chi connectivity index (χ0n) is 12.6. The Kier molecular flexibility index (Phi) is 4.53. The highest BCUT2D eigenvalue weighted by Crippen LogP contribution is 2.39. The molecule has 0 unspecified atom stereocenters. The summed E-state index contributed by atoms with van der Waals surface area (Å²) in [5.74, 6) is 1.83. The van der Waals surface area contributed by atoms with Gasteiger partial charge in [0.15, 0.2) is 0 Å². The van der Waals surface area contributed by atoms with E-state index < -0.39 is 0 Å². The normalized spacial score (nSPS) is 23.2. The van der Waals surface area contributed by atoms with E-state index in [1.54, 1.807) is 0 Å². The molecule has 0 radical (unpaired) electrons. The SMILES string of the molecule is CCOC(=O)C[C@H]1CCCCN1Cc1nnc(C2CC2)o1. The summed E-state index contributed by atoms with van der Waals surface area (Å²) in [7, 11) is 0. The van der Waals surface area contributed by atoms with E-state index in [0.717, 1.165) is 44.5 Å². The van der Waals surface area contributed by atoms with Crippen molar-refractivity contribution in [3.8, 4) is 0 Å². The van der Waals surface area contributed by atoms with E-state index in [1.165, 1.54) is 0 Å². The van der Waals surface area contributed by atoms with Crippen molar-refractivity contribution in [3.63, 3.8) is 0 Å². The fourth-order valence-corrected chi connectivity index (χ4v) is 2.91. The van der Waals surface area contributed by atoms with Crippen LogP contribution in [0.15, 0.2) is 4.42 Å². The summed E-state index contributed by atoms with van der Waals surface area (Å²) < 4.78 is 10.8. The van der Waals surface area contributed by atoms with Crippen LogP contribution in [0.2, 0.25) is 0 Å². The molecule has 0 bridgehead atoms. The molecule has 6 heteroatoms. The van der Waals surface area contributed by atoms with Crippen LogP contribution in [0.4, 0.5) is 0 Å². The molecule has 0 N–H and O–H groups in total. The highest BCUT2D eigenvalue weighted by atomic mass is 16.5. The summed E-state index contributed by atoms with van der Waals surface area (Å²) in [6.45, 7) is 3.91. The number of carbonyl (C=O) groups is 1. The van der Waals surface area contributed by atoms with Gasteiger partial charge in [-0.2, -0.15) is 0 Å². The summed E-state index contributed by atoms with van der Waals surface area (Å²) in [5, 5.41) is 8.27. The molecule has 3 rings (SSSR count). The molecule has 2 fully saturated rings. The van der Waals surface area contributed by atoms with Gasteiger partial charge in [0.1, 0.15) is 0 Å². The fraction of sp³-hybridized carbons (Fsp3) is 0.800. The number of carbonyl (C=O) groups excluding carboxylic acids is 1. The molecular weight excluding hydrogens is 270 g/mol. The van der Waals surface area contributed by atoms with Crippen LogP contribution in [0.5, 0.6) is 0 Å². The molecule has 1 aromatic rings. The van der Waals surface area contributed by atoms with Crippen molar-refractivity contribution in [2.24, 2.45) is 0 Å². The zero-order valence-corrected chi connectivity index (χ0v) is 12.6. The van der Waals surface area contributed by atoms with Crippen LogP contribution in [-0.2, 0) is 16.1 Å². The predicted octanol–water partition coefficient (Wildman–Crippen LogP) is 2.25. The predicted molar refractivity (Wildman–Crippen MR) is 75.6 cm³/mol. The summed E-state index contributed by atoms with van der Waals surface area (Å²) in [5.41, 5.74) is 0. The lowest BCUT2D eigenvalue weighted by Crippen LogP contribution is -2.40. The number of nitrogens with zero attached hydrogens (tertiary/aromatic N) is 3. The van der Waals surface area contributed by atoms with Gasteiger partial charge < -0.3 is 9.15 Å². The van der Waals surface area contributed by atoms with Crippen molar-refractivity contribution in [2.45, 2.75) is 64.0 Å². The molecule has 21 heavy (non-hydrogen) atoms. The number of hydrogen-bond acceptors (Lipinski definition) is 6. The molecule has 0 spiro atoms. The number of hydrogen-bond donors (Lipinski definition) is 0. The smallest absolute Gasteiger partial charge is 0.307 e. The second kappa shape index (κ2) is 6.56. The Balaban J connectivity index is 1.58. The molecule has 0 amide bonds. The molecule has 0 aromatic carbocycles. The summed E-state index contributed by atoms with van der Waals surface area (Å²) >= 11 is 0. The first-order chi connectivity index (χ1) is 10.3. The first kappa shape index (κ1) is 14.5. The van der Waals surface area contributed by atoms with Gasteiger partial charge in [-0.1, -0.05) is 6.42 Å². The molecule has 1 aliphatic carbocycles. The van der Waals surface area contributed by atoms with Gasteiger partial charge >= 0.3 is 5.97 Å². The topological polar surface area (TPSA) is 68.5 Å². The van der Waals surface area contributed by atoms with E-state index in [0.29, 0.717) is 31.4 Å². The van der Waals surface area contributed by atoms with Crippen LogP contribution >= 0.6 is 0 Å². The molecule has 1 aliphatic heterocycles. The minimum Gasteiger partial charge on any atom is -0.466 e. The van der Waals surface area contributed by atoms with Gasteiger partial charge in [-0.15, -0.1) is 10.2 Å². The second-order valence-electron chi connectivity index (χ2n) is 5.94. The minimum absolute atomic E-state index is 0.112. The van der Waals surface area contributed by atoms with E-state index in [9.17, 15) is 4.79 Å². The molecular formula is C15H23N3O3. The Morgan fingerprint density at radius 2 is 2.19 bits per heavy atom. The lowest BCUT2D eigenvalue weighted by Gasteiger charge is -2.34. The van der Waals surface area contributed by atoms with Crippen molar-refractivity contribution >= 4 is 5.97 Å². The first-order valence-electron chi connectivity index (χ1n) is 7.98. The number of rotatable bonds is 6. The molecule has 1 aromatic heterocycles. The van der Waals surface area contributed by atoms with Crippen LogP contribution in [0.1, 0.15) is 63.1 Å².